The Morgan fingerprint density at radius 2 is 2.00 bits per heavy atom. The summed E-state index contributed by atoms with van der Waals surface area (Å²) in [5, 5.41) is 7.62. The first-order valence-corrected chi connectivity index (χ1v) is 8.03. The summed E-state index contributed by atoms with van der Waals surface area (Å²) in [6.45, 7) is 4.77. The topological polar surface area (TPSA) is 46.9 Å². The van der Waals surface area contributed by atoms with Crippen LogP contribution in [0, 0.1) is 0 Å². The minimum absolute atomic E-state index is 0.0928. The highest BCUT2D eigenvalue weighted by Gasteiger charge is 2.13. The maximum Gasteiger partial charge on any atom is 0.283 e. The zero-order valence-corrected chi connectivity index (χ0v) is 13.9. The molecule has 1 unspecified atom stereocenters. The molecule has 1 aromatic carbocycles. The van der Waals surface area contributed by atoms with Gasteiger partial charge < -0.3 is 5.32 Å². The molecule has 0 spiro atoms. The van der Waals surface area contributed by atoms with E-state index < -0.39 is 0 Å². The maximum atomic E-state index is 12.2. The largest absolute Gasteiger partial charge is 0.376 e. The van der Waals surface area contributed by atoms with Gasteiger partial charge in [0.05, 0.1) is 17.9 Å². The van der Waals surface area contributed by atoms with Gasteiger partial charge in [0.2, 0.25) is 0 Å². The average molecular weight is 350 g/mol. The van der Waals surface area contributed by atoms with Crippen LogP contribution in [-0.4, -0.2) is 9.78 Å². The van der Waals surface area contributed by atoms with Gasteiger partial charge >= 0.3 is 0 Å². The average Bonchev–Trinajstić information content (AvgIpc) is 2.52. The molecule has 1 heterocycles. The smallest absolute Gasteiger partial charge is 0.283 e. The fourth-order valence-electron chi connectivity index (χ4n) is 2.23. The highest BCUT2D eigenvalue weighted by molar-refractivity contribution is 9.10. The Bertz CT molecular complexity index is 640. The highest BCUT2D eigenvalue weighted by atomic mass is 79.9. The van der Waals surface area contributed by atoms with E-state index in [2.05, 4.69) is 45.4 Å². The summed E-state index contributed by atoms with van der Waals surface area (Å²) in [5.41, 5.74) is 1.84. The van der Waals surface area contributed by atoms with E-state index in [0.29, 0.717) is 11.0 Å². The molecule has 0 amide bonds. The number of hydrogen-bond donors (Lipinski definition) is 1. The standard InChI is InChI=1S/C16H20BrN3O/c1-3-10-20-16(21)15(17)14(11-18-20)19-13(4-2)12-8-6-5-7-9-12/h5-9,11,13,19H,3-4,10H2,1-2H3. The van der Waals surface area contributed by atoms with Crippen LogP contribution < -0.4 is 10.9 Å². The van der Waals surface area contributed by atoms with Crippen molar-refractivity contribution in [3.8, 4) is 0 Å². The van der Waals surface area contributed by atoms with Crippen LogP contribution in [0.25, 0.3) is 0 Å². The number of hydrogen-bond acceptors (Lipinski definition) is 3. The van der Waals surface area contributed by atoms with Crippen LogP contribution in [0.3, 0.4) is 0 Å². The van der Waals surface area contributed by atoms with Crippen molar-refractivity contribution in [2.24, 2.45) is 0 Å². The van der Waals surface area contributed by atoms with Crippen molar-refractivity contribution in [1.29, 1.82) is 0 Å². The second-order valence-electron chi connectivity index (χ2n) is 4.92. The molecule has 2 rings (SSSR count). The molecular formula is C16H20BrN3O. The monoisotopic (exact) mass is 349 g/mol. The molecule has 0 aliphatic heterocycles. The van der Waals surface area contributed by atoms with Gasteiger partial charge in [0.15, 0.2) is 0 Å². The number of halogens is 1. The Morgan fingerprint density at radius 3 is 2.62 bits per heavy atom. The van der Waals surface area contributed by atoms with Gasteiger partial charge in [-0.3, -0.25) is 4.79 Å². The number of rotatable bonds is 6. The molecule has 0 fully saturated rings. The third-order valence-corrected chi connectivity index (χ3v) is 4.13. The Labute approximate surface area is 133 Å². The quantitative estimate of drug-likeness (QED) is 0.857. The molecule has 0 radical (unpaired) electrons. The van der Waals surface area contributed by atoms with E-state index in [0.717, 1.165) is 18.5 Å². The highest BCUT2D eigenvalue weighted by Crippen LogP contribution is 2.25. The normalized spacial score (nSPS) is 12.1. The number of nitrogens with zero attached hydrogens (tertiary/aromatic N) is 2. The van der Waals surface area contributed by atoms with Gasteiger partial charge in [-0.2, -0.15) is 5.10 Å². The van der Waals surface area contributed by atoms with E-state index in [-0.39, 0.29) is 11.6 Å². The predicted octanol–water partition coefficient (Wildman–Crippen LogP) is 3.98. The van der Waals surface area contributed by atoms with Crippen LogP contribution >= 0.6 is 15.9 Å². The molecule has 0 aliphatic rings. The van der Waals surface area contributed by atoms with Gasteiger partial charge in [0, 0.05) is 6.54 Å². The molecule has 2 aromatic rings. The molecule has 0 saturated carbocycles. The molecule has 1 N–H and O–H groups in total. The lowest BCUT2D eigenvalue weighted by Gasteiger charge is -2.19. The Kier molecular flexibility index (Phi) is 5.56. The van der Waals surface area contributed by atoms with Crippen molar-refractivity contribution in [1.82, 2.24) is 9.78 Å². The van der Waals surface area contributed by atoms with Gasteiger partial charge in [-0.1, -0.05) is 44.2 Å². The lowest BCUT2D eigenvalue weighted by atomic mass is 10.0. The molecule has 4 nitrogen and oxygen atoms in total. The van der Waals surface area contributed by atoms with Crippen molar-refractivity contribution >= 4 is 21.6 Å². The first kappa shape index (κ1) is 15.8. The Morgan fingerprint density at radius 1 is 1.29 bits per heavy atom. The van der Waals surface area contributed by atoms with Crippen LogP contribution in [0.1, 0.15) is 38.3 Å². The van der Waals surface area contributed by atoms with E-state index in [4.69, 9.17) is 0 Å². The molecule has 0 aliphatic carbocycles. The number of anilines is 1. The van der Waals surface area contributed by atoms with Crippen LogP contribution in [0.5, 0.6) is 0 Å². The Balaban J connectivity index is 2.26. The van der Waals surface area contributed by atoms with Crippen LogP contribution in [-0.2, 0) is 6.54 Å². The number of aryl methyl sites for hydroxylation is 1. The van der Waals surface area contributed by atoms with Crippen molar-refractivity contribution in [3.05, 3.63) is 56.9 Å². The summed E-state index contributed by atoms with van der Waals surface area (Å²) < 4.78 is 2.03. The summed E-state index contributed by atoms with van der Waals surface area (Å²) >= 11 is 3.40. The maximum absolute atomic E-state index is 12.2. The van der Waals surface area contributed by atoms with E-state index >= 15 is 0 Å². The minimum Gasteiger partial charge on any atom is -0.376 e. The first-order chi connectivity index (χ1) is 10.2. The summed E-state index contributed by atoms with van der Waals surface area (Å²) in [7, 11) is 0. The number of benzene rings is 1. The summed E-state index contributed by atoms with van der Waals surface area (Å²) in [6.07, 6.45) is 3.52. The van der Waals surface area contributed by atoms with Crippen molar-refractivity contribution < 1.29 is 0 Å². The Hall–Kier alpha value is -1.62. The molecular weight excluding hydrogens is 330 g/mol. The van der Waals surface area contributed by atoms with Gasteiger partial charge in [-0.15, -0.1) is 0 Å². The molecule has 1 aromatic heterocycles. The molecule has 5 heteroatoms. The van der Waals surface area contributed by atoms with Crippen molar-refractivity contribution in [2.75, 3.05) is 5.32 Å². The molecule has 1 atom stereocenters. The zero-order chi connectivity index (χ0) is 15.2. The van der Waals surface area contributed by atoms with Crippen molar-refractivity contribution in [3.63, 3.8) is 0 Å². The minimum atomic E-state index is -0.0928. The van der Waals surface area contributed by atoms with Crippen LogP contribution in [0.4, 0.5) is 5.69 Å². The van der Waals surface area contributed by atoms with Gasteiger partial charge in [-0.25, -0.2) is 4.68 Å². The predicted molar refractivity (Wildman–Crippen MR) is 89.6 cm³/mol. The fourth-order valence-corrected chi connectivity index (χ4v) is 2.65. The van der Waals surface area contributed by atoms with Crippen LogP contribution in [0.15, 0.2) is 45.8 Å². The molecule has 0 saturated heterocycles. The third kappa shape index (κ3) is 3.73. The third-order valence-electron chi connectivity index (χ3n) is 3.36. The zero-order valence-electron chi connectivity index (χ0n) is 12.3. The second-order valence-corrected chi connectivity index (χ2v) is 5.71. The van der Waals surface area contributed by atoms with Crippen LogP contribution in [0.2, 0.25) is 0 Å². The molecule has 21 heavy (non-hydrogen) atoms. The molecule has 112 valence electrons. The summed E-state index contributed by atoms with van der Waals surface area (Å²) in [4.78, 5) is 12.2. The number of aromatic nitrogens is 2. The van der Waals surface area contributed by atoms with Gasteiger partial charge in [0.1, 0.15) is 4.47 Å². The molecule has 0 bridgehead atoms. The van der Waals surface area contributed by atoms with E-state index in [1.165, 1.54) is 10.2 Å². The number of nitrogens with one attached hydrogen (secondary N) is 1. The van der Waals surface area contributed by atoms with E-state index in [1.807, 2.05) is 25.1 Å². The second kappa shape index (κ2) is 7.41. The fraction of sp³-hybridized carbons (Fsp3) is 0.375. The summed E-state index contributed by atoms with van der Waals surface area (Å²) in [6, 6.07) is 10.4. The lowest BCUT2D eigenvalue weighted by Crippen LogP contribution is -2.25. The van der Waals surface area contributed by atoms with Gasteiger partial charge in [-0.05, 0) is 34.3 Å². The van der Waals surface area contributed by atoms with E-state index in [9.17, 15) is 4.79 Å². The van der Waals surface area contributed by atoms with Crippen molar-refractivity contribution in [2.45, 2.75) is 39.3 Å². The van der Waals surface area contributed by atoms with Gasteiger partial charge in [0.25, 0.3) is 5.56 Å². The lowest BCUT2D eigenvalue weighted by molar-refractivity contribution is 0.565. The first-order valence-electron chi connectivity index (χ1n) is 7.24. The SMILES string of the molecule is CCCn1ncc(NC(CC)c2ccccc2)c(Br)c1=O. The van der Waals surface area contributed by atoms with E-state index in [1.54, 1.807) is 6.20 Å². The summed E-state index contributed by atoms with van der Waals surface area (Å²) in [5.74, 6) is 0.